The van der Waals surface area contributed by atoms with Crippen molar-refractivity contribution in [3.63, 3.8) is 0 Å². The molecule has 1 fully saturated rings. The average Bonchev–Trinajstić information content (AvgIpc) is 2.62. The van der Waals surface area contributed by atoms with Gasteiger partial charge >= 0.3 is 0 Å². The molecule has 2 rings (SSSR count). The van der Waals surface area contributed by atoms with E-state index >= 15 is 0 Å². The van der Waals surface area contributed by atoms with Gasteiger partial charge in [0.25, 0.3) is 0 Å². The van der Waals surface area contributed by atoms with E-state index in [1.54, 1.807) is 0 Å². The van der Waals surface area contributed by atoms with Crippen molar-refractivity contribution in [1.82, 2.24) is 5.32 Å². The Labute approximate surface area is 177 Å². The van der Waals surface area contributed by atoms with Gasteiger partial charge in [-0.2, -0.15) is 0 Å². The molecule has 5 nitrogen and oxygen atoms in total. The van der Waals surface area contributed by atoms with E-state index in [0.717, 1.165) is 12.0 Å². The van der Waals surface area contributed by atoms with Crippen molar-refractivity contribution in [2.24, 2.45) is 5.92 Å². The fourth-order valence-electron chi connectivity index (χ4n) is 3.29. The highest BCUT2D eigenvalue weighted by Gasteiger charge is 2.44. The van der Waals surface area contributed by atoms with Crippen LogP contribution in [0.25, 0.3) is 0 Å². The molecular weight excluding hydrogens is 382 g/mol. The molecule has 164 valence electrons. The van der Waals surface area contributed by atoms with E-state index in [9.17, 15) is 4.79 Å². The third-order valence-corrected chi connectivity index (χ3v) is 10.7. The van der Waals surface area contributed by atoms with Crippen molar-refractivity contribution < 1.29 is 18.7 Å². The van der Waals surface area contributed by atoms with Gasteiger partial charge in [0.1, 0.15) is 6.10 Å². The fourth-order valence-corrected chi connectivity index (χ4v) is 4.65. The number of ether oxygens (including phenoxy) is 2. The third-order valence-electron chi connectivity index (χ3n) is 6.20. The zero-order valence-electron chi connectivity index (χ0n) is 19.2. The molecule has 0 bridgehead atoms. The molecular formula is C23H39NO4Si. The molecule has 1 N–H and O–H groups in total. The van der Waals surface area contributed by atoms with Crippen LogP contribution in [0, 0.1) is 5.92 Å². The van der Waals surface area contributed by atoms with Crippen LogP contribution in [0.5, 0.6) is 0 Å². The summed E-state index contributed by atoms with van der Waals surface area (Å²) >= 11 is 0. The lowest BCUT2D eigenvalue weighted by molar-refractivity contribution is -0.157. The van der Waals surface area contributed by atoms with E-state index in [1.807, 2.05) is 18.2 Å². The Morgan fingerprint density at radius 3 is 2.45 bits per heavy atom. The van der Waals surface area contributed by atoms with Crippen LogP contribution in [-0.2, 0) is 25.3 Å². The lowest BCUT2D eigenvalue weighted by atomic mass is 9.91. The minimum atomic E-state index is -1.94. The molecule has 4 atom stereocenters. The molecule has 1 aliphatic heterocycles. The summed E-state index contributed by atoms with van der Waals surface area (Å²) < 4.78 is 19.1. The first-order valence-corrected chi connectivity index (χ1v) is 13.6. The molecule has 0 spiro atoms. The highest BCUT2D eigenvalue weighted by molar-refractivity contribution is 6.74. The lowest BCUT2D eigenvalue weighted by Crippen LogP contribution is -2.55. The number of amides is 1. The standard InChI is InChI=1S/C23H39NO4Si/c1-17-13-20(28-29(6,7)23(3,4)5)21(14-24-18(2)25)27-22(17)16-26-15-19-11-9-8-10-12-19/h8-12,17,20-22H,13-16H2,1-7H3,(H,24,25)/t17-,20-,21+,22-/m0/s1. The maximum atomic E-state index is 11.5. The first-order valence-electron chi connectivity index (χ1n) is 10.7. The number of hydrogen-bond donors (Lipinski definition) is 1. The van der Waals surface area contributed by atoms with Crippen molar-refractivity contribution in [2.75, 3.05) is 13.2 Å². The third kappa shape index (κ3) is 7.21. The first-order chi connectivity index (χ1) is 13.5. The molecule has 0 aliphatic carbocycles. The molecule has 1 aromatic carbocycles. The average molecular weight is 422 g/mol. The van der Waals surface area contributed by atoms with Gasteiger partial charge in [-0.25, -0.2) is 0 Å². The van der Waals surface area contributed by atoms with Gasteiger partial charge in [0.05, 0.1) is 25.4 Å². The second-order valence-electron chi connectivity index (χ2n) is 9.78. The SMILES string of the molecule is CC(=O)NC[C@H]1O[C@@H](COCc2ccccc2)[C@@H](C)C[C@@H]1O[Si](C)(C)C(C)(C)C. The molecule has 0 aromatic heterocycles. The number of carbonyl (C=O) groups excluding carboxylic acids is 1. The fraction of sp³-hybridized carbons (Fsp3) is 0.696. The number of nitrogens with one attached hydrogen (secondary N) is 1. The van der Waals surface area contributed by atoms with Gasteiger partial charge in [-0.05, 0) is 36.0 Å². The Kier molecular flexibility index (Phi) is 8.46. The summed E-state index contributed by atoms with van der Waals surface area (Å²) in [5.41, 5.74) is 1.16. The molecule has 1 heterocycles. The predicted octanol–water partition coefficient (Wildman–Crippen LogP) is 4.52. The van der Waals surface area contributed by atoms with Gasteiger partial charge in [0, 0.05) is 13.5 Å². The summed E-state index contributed by atoms with van der Waals surface area (Å²) in [5.74, 6) is 0.282. The van der Waals surface area contributed by atoms with Crippen LogP contribution in [0.2, 0.25) is 18.1 Å². The Morgan fingerprint density at radius 2 is 1.86 bits per heavy atom. The summed E-state index contributed by atoms with van der Waals surface area (Å²) in [6, 6.07) is 10.2. The number of hydrogen-bond acceptors (Lipinski definition) is 4. The maximum Gasteiger partial charge on any atom is 0.216 e. The summed E-state index contributed by atoms with van der Waals surface area (Å²) in [4.78, 5) is 11.5. The molecule has 1 aliphatic rings. The zero-order valence-corrected chi connectivity index (χ0v) is 20.2. The Balaban J connectivity index is 2.00. The minimum absolute atomic E-state index is 0.00302. The molecule has 0 unspecified atom stereocenters. The number of rotatable bonds is 8. The van der Waals surface area contributed by atoms with Crippen molar-refractivity contribution in [2.45, 2.75) is 84.1 Å². The first kappa shape index (κ1) is 24.1. The molecule has 29 heavy (non-hydrogen) atoms. The quantitative estimate of drug-likeness (QED) is 0.627. The highest BCUT2D eigenvalue weighted by Crippen LogP contribution is 2.40. The summed E-state index contributed by atoms with van der Waals surface area (Å²) in [7, 11) is -1.94. The number of benzene rings is 1. The summed E-state index contributed by atoms with van der Waals surface area (Å²) in [6.07, 6.45) is 0.741. The lowest BCUT2D eigenvalue weighted by Gasteiger charge is -2.46. The monoisotopic (exact) mass is 421 g/mol. The molecule has 1 saturated heterocycles. The van der Waals surface area contributed by atoms with Crippen LogP contribution in [-0.4, -0.2) is 45.7 Å². The van der Waals surface area contributed by atoms with Crippen molar-refractivity contribution in [1.29, 1.82) is 0 Å². The second kappa shape index (κ2) is 10.2. The second-order valence-corrected chi connectivity index (χ2v) is 14.5. The van der Waals surface area contributed by atoms with E-state index in [0.29, 0.717) is 25.7 Å². The molecule has 0 saturated carbocycles. The van der Waals surface area contributed by atoms with E-state index in [-0.39, 0.29) is 29.3 Å². The van der Waals surface area contributed by atoms with E-state index in [4.69, 9.17) is 13.9 Å². The smallest absolute Gasteiger partial charge is 0.216 e. The predicted molar refractivity (Wildman–Crippen MR) is 119 cm³/mol. The molecule has 1 amide bonds. The van der Waals surface area contributed by atoms with E-state index in [2.05, 4.69) is 58.2 Å². The van der Waals surface area contributed by atoms with Gasteiger partial charge in [-0.3, -0.25) is 4.79 Å². The normalized spacial score (nSPS) is 25.6. The van der Waals surface area contributed by atoms with Crippen LogP contribution in [0.1, 0.15) is 46.6 Å². The van der Waals surface area contributed by atoms with Crippen molar-refractivity contribution in [3.05, 3.63) is 35.9 Å². The van der Waals surface area contributed by atoms with Crippen molar-refractivity contribution in [3.8, 4) is 0 Å². The Bertz CT molecular complexity index is 644. The number of carbonyl (C=O) groups is 1. The van der Waals surface area contributed by atoms with E-state index < -0.39 is 8.32 Å². The highest BCUT2D eigenvalue weighted by atomic mass is 28.4. The topological polar surface area (TPSA) is 56.8 Å². The summed E-state index contributed by atoms with van der Waals surface area (Å²) in [5, 5.41) is 3.05. The largest absolute Gasteiger partial charge is 0.411 e. The van der Waals surface area contributed by atoms with Crippen LogP contribution in [0.3, 0.4) is 0 Å². The van der Waals surface area contributed by atoms with E-state index in [1.165, 1.54) is 6.92 Å². The minimum Gasteiger partial charge on any atom is -0.411 e. The van der Waals surface area contributed by atoms with Gasteiger partial charge in [-0.15, -0.1) is 0 Å². The maximum absolute atomic E-state index is 11.5. The summed E-state index contributed by atoms with van der Waals surface area (Å²) in [6.45, 7) is 16.6. The van der Waals surface area contributed by atoms with Gasteiger partial charge < -0.3 is 19.2 Å². The van der Waals surface area contributed by atoms with Crippen LogP contribution in [0.4, 0.5) is 0 Å². The molecule has 1 aromatic rings. The van der Waals surface area contributed by atoms with Crippen LogP contribution < -0.4 is 5.32 Å². The van der Waals surface area contributed by atoms with Gasteiger partial charge in [-0.1, -0.05) is 58.0 Å². The van der Waals surface area contributed by atoms with Gasteiger partial charge in [0.15, 0.2) is 8.32 Å². The van der Waals surface area contributed by atoms with Crippen molar-refractivity contribution >= 4 is 14.2 Å². The van der Waals surface area contributed by atoms with Crippen LogP contribution in [0.15, 0.2) is 30.3 Å². The van der Waals surface area contributed by atoms with Crippen LogP contribution >= 0.6 is 0 Å². The van der Waals surface area contributed by atoms with Gasteiger partial charge in [0.2, 0.25) is 5.91 Å². The zero-order chi connectivity index (χ0) is 21.7. The molecule has 6 heteroatoms. The molecule has 0 radical (unpaired) electrons. The Morgan fingerprint density at radius 1 is 1.21 bits per heavy atom. The Hall–Kier alpha value is -1.21.